The van der Waals surface area contributed by atoms with Crippen molar-refractivity contribution in [2.75, 3.05) is 43.4 Å². The van der Waals surface area contributed by atoms with Crippen molar-refractivity contribution in [2.24, 2.45) is 22.8 Å². The van der Waals surface area contributed by atoms with Gasteiger partial charge in [-0.15, -0.1) is 0 Å². The summed E-state index contributed by atoms with van der Waals surface area (Å²) >= 11 is 0. The Morgan fingerprint density at radius 2 is 1.78 bits per heavy atom. The summed E-state index contributed by atoms with van der Waals surface area (Å²) in [5.74, 6) is -0.369. The third-order valence-electron chi connectivity index (χ3n) is 12.1. The van der Waals surface area contributed by atoms with E-state index in [1.165, 1.54) is 18.9 Å². The van der Waals surface area contributed by atoms with Gasteiger partial charge in [0.05, 0.1) is 46.7 Å². The number of nitrogens with two attached hydrogens (primary N) is 2. The molecular weight excluding hydrogens is 683 g/mol. The molecule has 7 N–H and O–H groups in total. The summed E-state index contributed by atoms with van der Waals surface area (Å²) in [4.78, 5) is 50.1. The van der Waals surface area contributed by atoms with Crippen LogP contribution in [0.15, 0.2) is 65.9 Å². The average molecular weight is 732 g/mol. The van der Waals surface area contributed by atoms with Crippen molar-refractivity contribution < 1.29 is 14.4 Å². The summed E-state index contributed by atoms with van der Waals surface area (Å²) in [6, 6.07) is 12.1. The average Bonchev–Trinajstić information content (AvgIpc) is 4.08. The molecule has 282 valence electrons. The van der Waals surface area contributed by atoms with Gasteiger partial charge < -0.3 is 37.2 Å². The number of rotatable bonds is 11. The predicted octanol–water partition coefficient (Wildman–Crippen LogP) is 3.33. The summed E-state index contributed by atoms with van der Waals surface area (Å²) in [5.41, 5.74) is 19.8. The van der Waals surface area contributed by atoms with Crippen LogP contribution in [0.1, 0.15) is 85.8 Å². The highest BCUT2D eigenvalue weighted by atomic mass is 16.2. The lowest BCUT2D eigenvalue weighted by molar-refractivity contribution is -0.121. The molecule has 3 saturated carbocycles. The van der Waals surface area contributed by atoms with Gasteiger partial charge in [-0.05, 0) is 75.5 Å². The minimum absolute atomic E-state index is 0.00992. The molecule has 0 radical (unpaired) electrons. The highest BCUT2D eigenvalue weighted by Crippen LogP contribution is 2.53. The summed E-state index contributed by atoms with van der Waals surface area (Å²) in [6.07, 6.45) is 10.6. The van der Waals surface area contributed by atoms with E-state index in [1.54, 1.807) is 0 Å². The summed E-state index contributed by atoms with van der Waals surface area (Å²) in [7, 11) is 2.06. The molecule has 0 bridgehead atoms. The lowest BCUT2D eigenvalue weighted by Gasteiger charge is -2.42. The number of carbonyl (C=O) groups is 3. The van der Waals surface area contributed by atoms with Crippen molar-refractivity contribution in [3.8, 4) is 11.1 Å². The number of pyridine rings is 1. The van der Waals surface area contributed by atoms with Crippen LogP contribution in [0.2, 0.25) is 0 Å². The Labute approximate surface area is 315 Å². The summed E-state index contributed by atoms with van der Waals surface area (Å²) in [5, 5.41) is 14.0. The van der Waals surface area contributed by atoms with Crippen molar-refractivity contribution in [1.29, 1.82) is 0 Å². The van der Waals surface area contributed by atoms with Crippen LogP contribution in [0.4, 0.5) is 11.4 Å². The highest BCUT2D eigenvalue weighted by molar-refractivity contribution is 5.97. The first kappa shape index (κ1) is 34.4. The molecule has 3 aliphatic carbocycles. The Bertz CT molecular complexity index is 2090. The van der Waals surface area contributed by atoms with Crippen molar-refractivity contribution in [2.45, 2.75) is 76.5 Å². The van der Waals surface area contributed by atoms with E-state index in [4.69, 9.17) is 21.5 Å². The number of nitrogens with one attached hydrogen (secondary N) is 3. The third-order valence-corrected chi connectivity index (χ3v) is 12.1. The predicted molar refractivity (Wildman–Crippen MR) is 204 cm³/mol. The number of hydrogen-bond acceptors (Lipinski definition) is 10. The second-order valence-electron chi connectivity index (χ2n) is 16.3. The number of para-hydroxylation sites is 1. The molecule has 5 fully saturated rings. The van der Waals surface area contributed by atoms with Gasteiger partial charge in [-0.25, -0.2) is 4.98 Å². The maximum Gasteiger partial charge on any atom is 0.272 e. The van der Waals surface area contributed by atoms with E-state index in [-0.39, 0.29) is 53.3 Å². The maximum absolute atomic E-state index is 13.2. The molecule has 14 heteroatoms. The monoisotopic (exact) mass is 731 g/mol. The fourth-order valence-corrected chi connectivity index (χ4v) is 8.22. The van der Waals surface area contributed by atoms with Gasteiger partial charge in [0.1, 0.15) is 17.2 Å². The number of nitrogens with zero attached hydrogens (tertiary/aromatic N) is 6. The standard InChI is InChI=1S/C40H49N11O3/c1-23-35-29(18-43-51(35)27-20-49(21-27)19-26-5-3-8-31(44-26)39(54)50-16-15-40(22-50)13-14-40)28-6-4-7-30(36(28)48(23)2)46-32(34(42)38(53)45-25-11-12-25)17-33(41)47-37(52)24-9-10-24/h3-8,17-18,23-25,27,46H,9-16,19-22,41-42H2,1-2H3,(H,45,53)(H,47,52)/b33-17+,34-32+. The van der Waals surface area contributed by atoms with Gasteiger partial charge >= 0.3 is 0 Å². The molecule has 2 saturated heterocycles. The quantitative estimate of drug-likeness (QED) is 0.145. The topological polar surface area (TPSA) is 180 Å². The molecule has 5 heterocycles. The highest BCUT2D eigenvalue weighted by Gasteiger charge is 2.49. The Morgan fingerprint density at radius 3 is 2.50 bits per heavy atom. The van der Waals surface area contributed by atoms with Gasteiger partial charge in [-0.1, -0.05) is 18.2 Å². The van der Waals surface area contributed by atoms with Crippen molar-refractivity contribution >= 4 is 29.1 Å². The number of amides is 3. The number of anilines is 2. The first-order valence-electron chi connectivity index (χ1n) is 19.3. The van der Waals surface area contributed by atoms with Gasteiger partial charge in [-0.3, -0.25) is 24.0 Å². The zero-order chi connectivity index (χ0) is 37.3. The molecule has 1 aromatic carbocycles. The van der Waals surface area contributed by atoms with Crippen LogP contribution in [-0.2, 0) is 16.1 Å². The molecule has 9 rings (SSSR count). The molecule has 1 atom stereocenters. The Balaban J connectivity index is 0.919. The van der Waals surface area contributed by atoms with Gasteiger partial charge in [0.25, 0.3) is 11.8 Å². The van der Waals surface area contributed by atoms with Crippen LogP contribution >= 0.6 is 0 Å². The van der Waals surface area contributed by atoms with Crippen molar-refractivity contribution in [1.82, 2.24) is 35.2 Å². The summed E-state index contributed by atoms with van der Waals surface area (Å²) in [6.45, 7) is 6.21. The van der Waals surface area contributed by atoms with Crippen LogP contribution in [0, 0.1) is 11.3 Å². The molecule has 6 aliphatic rings. The van der Waals surface area contributed by atoms with Gasteiger partial charge in [-0.2, -0.15) is 5.10 Å². The van der Waals surface area contributed by atoms with Crippen molar-refractivity contribution in [3.05, 3.63) is 83.0 Å². The zero-order valence-corrected chi connectivity index (χ0v) is 31.0. The Kier molecular flexibility index (Phi) is 8.40. The number of carbonyl (C=O) groups excluding carboxylic acids is 3. The van der Waals surface area contributed by atoms with Crippen LogP contribution in [0.5, 0.6) is 0 Å². The second kappa shape index (κ2) is 13.2. The van der Waals surface area contributed by atoms with Crippen LogP contribution in [0.3, 0.4) is 0 Å². The van der Waals surface area contributed by atoms with E-state index >= 15 is 0 Å². The minimum Gasteiger partial charge on any atom is -0.393 e. The zero-order valence-electron chi connectivity index (χ0n) is 31.0. The molecule has 14 nitrogen and oxygen atoms in total. The number of likely N-dealkylation sites (tertiary alicyclic amines) is 2. The lowest BCUT2D eigenvalue weighted by Crippen LogP contribution is -2.48. The lowest BCUT2D eigenvalue weighted by atomic mass is 9.93. The van der Waals surface area contributed by atoms with E-state index in [0.717, 1.165) is 92.2 Å². The molecule has 54 heavy (non-hydrogen) atoms. The largest absolute Gasteiger partial charge is 0.393 e. The molecule has 1 spiro atoms. The Hall–Kier alpha value is -5.37. The first-order chi connectivity index (χ1) is 26.1. The van der Waals surface area contributed by atoms with Crippen LogP contribution in [0.25, 0.3) is 11.1 Å². The SMILES string of the molecule is CC1c2c(cnn2C2CN(Cc3cccc(C(=O)N4CCC5(CC5)C4)n3)C2)-c2cccc(NC(/C=C(\N)NC(=O)C3CC3)=C(/N)C(=O)NC3CC3)c2N1C. The van der Waals surface area contributed by atoms with Gasteiger partial charge in [0.15, 0.2) is 0 Å². The minimum atomic E-state index is -0.382. The fraction of sp³-hybridized carbons (Fsp3) is 0.475. The number of hydrogen-bond donors (Lipinski definition) is 5. The number of fused-ring (bicyclic) bond motifs is 3. The molecule has 3 aliphatic heterocycles. The smallest absolute Gasteiger partial charge is 0.272 e. The second-order valence-corrected chi connectivity index (χ2v) is 16.3. The fourth-order valence-electron chi connectivity index (χ4n) is 8.22. The normalized spacial score (nSPS) is 22.3. The molecule has 3 amide bonds. The van der Waals surface area contributed by atoms with Gasteiger partial charge in [0, 0.05) is 68.9 Å². The molecule has 2 aromatic heterocycles. The number of benzene rings is 1. The van der Waals surface area contributed by atoms with Crippen LogP contribution < -0.4 is 32.3 Å². The molecule has 3 aromatic rings. The van der Waals surface area contributed by atoms with Gasteiger partial charge in [0.2, 0.25) is 5.91 Å². The maximum atomic E-state index is 13.2. The third kappa shape index (κ3) is 6.56. The van der Waals surface area contributed by atoms with E-state index in [1.807, 2.05) is 41.4 Å². The molecule has 1 unspecified atom stereocenters. The molecular formula is C40H49N11O3. The summed E-state index contributed by atoms with van der Waals surface area (Å²) < 4.78 is 2.17. The van der Waals surface area contributed by atoms with Crippen LogP contribution in [-0.4, -0.2) is 81.6 Å². The number of allylic oxidation sites excluding steroid dienone is 1. The van der Waals surface area contributed by atoms with E-state index in [0.29, 0.717) is 23.4 Å². The van der Waals surface area contributed by atoms with E-state index in [9.17, 15) is 14.4 Å². The van der Waals surface area contributed by atoms with Crippen molar-refractivity contribution in [3.63, 3.8) is 0 Å². The number of aromatic nitrogens is 3. The van der Waals surface area contributed by atoms with E-state index in [2.05, 4.69) is 50.5 Å². The Morgan fingerprint density at radius 1 is 1.00 bits per heavy atom. The van der Waals surface area contributed by atoms with E-state index < -0.39 is 0 Å². The first-order valence-corrected chi connectivity index (χ1v) is 19.3.